The maximum absolute atomic E-state index is 12.4. The van der Waals surface area contributed by atoms with Crippen molar-refractivity contribution in [1.82, 2.24) is 4.90 Å². The van der Waals surface area contributed by atoms with Crippen LogP contribution in [0, 0.1) is 0 Å². The lowest BCUT2D eigenvalue weighted by atomic mass is 9.99. The fourth-order valence-electron chi connectivity index (χ4n) is 3.31. The molecule has 3 rings (SSSR count). The van der Waals surface area contributed by atoms with Gasteiger partial charge >= 0.3 is 0 Å². The Bertz CT molecular complexity index is 565. The molecule has 0 bridgehead atoms. The van der Waals surface area contributed by atoms with Crippen molar-refractivity contribution in [3.63, 3.8) is 0 Å². The number of nitrogens with zero attached hydrogens (tertiary/aromatic N) is 1. The van der Waals surface area contributed by atoms with Crippen molar-refractivity contribution in [2.45, 2.75) is 38.1 Å². The number of rotatable bonds is 4. The Morgan fingerprint density at radius 3 is 3.18 bits per heavy atom. The summed E-state index contributed by atoms with van der Waals surface area (Å²) in [6.07, 6.45) is 8.35. The molecule has 0 spiro atoms. The van der Waals surface area contributed by atoms with Gasteiger partial charge < -0.3 is 14.7 Å². The summed E-state index contributed by atoms with van der Waals surface area (Å²) in [6, 6.07) is 6.23. The van der Waals surface area contributed by atoms with Gasteiger partial charge in [-0.25, -0.2) is 0 Å². The van der Waals surface area contributed by atoms with Crippen molar-refractivity contribution in [3.05, 3.63) is 35.4 Å². The summed E-state index contributed by atoms with van der Waals surface area (Å²) in [5.41, 5.74) is 2.25. The normalized spacial score (nSPS) is 21.0. The fourth-order valence-corrected chi connectivity index (χ4v) is 3.31. The molecule has 4 nitrogen and oxygen atoms in total. The van der Waals surface area contributed by atoms with Crippen molar-refractivity contribution in [2.75, 3.05) is 19.8 Å². The van der Waals surface area contributed by atoms with E-state index in [2.05, 4.69) is 6.07 Å². The maximum atomic E-state index is 12.4. The number of aliphatic hydroxyl groups is 1. The highest BCUT2D eigenvalue weighted by Crippen LogP contribution is 2.26. The van der Waals surface area contributed by atoms with Gasteiger partial charge in [0.2, 0.25) is 5.91 Å². The Labute approximate surface area is 131 Å². The Kier molecular flexibility index (Phi) is 4.78. The van der Waals surface area contributed by atoms with Crippen LogP contribution in [-0.4, -0.2) is 41.7 Å². The third-order valence-corrected chi connectivity index (χ3v) is 4.50. The molecule has 0 saturated carbocycles. The van der Waals surface area contributed by atoms with Crippen LogP contribution in [0.2, 0.25) is 0 Å². The highest BCUT2D eigenvalue weighted by Gasteiger charge is 2.24. The smallest absolute Gasteiger partial charge is 0.246 e. The minimum absolute atomic E-state index is 0.0508. The highest BCUT2D eigenvalue weighted by molar-refractivity contribution is 5.92. The molecule has 1 N–H and O–H groups in total. The summed E-state index contributed by atoms with van der Waals surface area (Å²) in [5, 5.41) is 9.15. The first-order chi connectivity index (χ1) is 10.8. The Hall–Kier alpha value is -1.81. The summed E-state index contributed by atoms with van der Waals surface area (Å²) in [4.78, 5) is 14.3. The molecule has 1 aromatic rings. The van der Waals surface area contributed by atoms with Gasteiger partial charge in [0.1, 0.15) is 5.75 Å². The van der Waals surface area contributed by atoms with E-state index in [4.69, 9.17) is 9.84 Å². The summed E-state index contributed by atoms with van der Waals surface area (Å²) in [6.45, 7) is 1.69. The van der Waals surface area contributed by atoms with Crippen LogP contribution in [-0.2, 0) is 11.2 Å². The number of benzene rings is 1. The second-order valence-electron chi connectivity index (χ2n) is 5.99. The number of fused-ring (bicyclic) bond motifs is 1. The van der Waals surface area contributed by atoms with E-state index in [0.29, 0.717) is 6.42 Å². The van der Waals surface area contributed by atoms with Crippen LogP contribution in [0.3, 0.4) is 0 Å². The zero-order valence-electron chi connectivity index (χ0n) is 12.8. The molecule has 22 heavy (non-hydrogen) atoms. The standard InChI is InChI=1S/C18H23NO3/c20-11-8-16-3-1-2-10-19(16)18(21)7-5-14-4-6-17-15(13-14)9-12-22-17/h4-7,13,16,20H,1-3,8-12H2/b7-5+. The van der Waals surface area contributed by atoms with Gasteiger partial charge in [0, 0.05) is 31.7 Å². The van der Waals surface area contributed by atoms with Gasteiger partial charge in [-0.1, -0.05) is 6.07 Å². The van der Waals surface area contributed by atoms with E-state index in [-0.39, 0.29) is 18.6 Å². The molecule has 1 unspecified atom stereocenters. The molecule has 2 aliphatic rings. The average molecular weight is 301 g/mol. The molecule has 2 heterocycles. The number of piperidine rings is 1. The zero-order chi connectivity index (χ0) is 15.4. The van der Waals surface area contributed by atoms with Gasteiger partial charge in [0.15, 0.2) is 0 Å². The van der Waals surface area contributed by atoms with Crippen LogP contribution in [0.25, 0.3) is 6.08 Å². The third-order valence-electron chi connectivity index (χ3n) is 4.50. The van der Waals surface area contributed by atoms with Gasteiger partial charge in [0.05, 0.1) is 6.61 Å². The molecule has 1 fully saturated rings. The van der Waals surface area contributed by atoms with Crippen molar-refractivity contribution in [1.29, 1.82) is 0 Å². The molecule has 2 aliphatic heterocycles. The molecule has 0 radical (unpaired) electrons. The first-order valence-corrected chi connectivity index (χ1v) is 8.13. The maximum Gasteiger partial charge on any atom is 0.246 e. The van der Waals surface area contributed by atoms with E-state index in [1.165, 1.54) is 5.56 Å². The number of amides is 1. The quantitative estimate of drug-likeness (QED) is 0.869. The number of hydrogen-bond acceptors (Lipinski definition) is 3. The molecule has 1 amide bonds. The first kappa shape index (κ1) is 15.1. The monoisotopic (exact) mass is 301 g/mol. The number of hydrogen-bond donors (Lipinski definition) is 1. The van der Waals surface area contributed by atoms with Gasteiger partial charge in [0.25, 0.3) is 0 Å². The van der Waals surface area contributed by atoms with Crippen LogP contribution in [0.5, 0.6) is 5.75 Å². The number of carbonyl (C=O) groups is 1. The summed E-state index contributed by atoms with van der Waals surface area (Å²) >= 11 is 0. The van der Waals surface area contributed by atoms with Crippen LogP contribution >= 0.6 is 0 Å². The second-order valence-corrected chi connectivity index (χ2v) is 5.99. The molecule has 1 aromatic carbocycles. The minimum atomic E-state index is 0.0508. The largest absolute Gasteiger partial charge is 0.493 e. The van der Waals surface area contributed by atoms with Crippen LogP contribution in [0.1, 0.15) is 36.8 Å². The number of aliphatic hydroxyl groups excluding tert-OH is 1. The van der Waals surface area contributed by atoms with Crippen LogP contribution in [0.15, 0.2) is 24.3 Å². The molecular formula is C18H23NO3. The Morgan fingerprint density at radius 1 is 1.41 bits per heavy atom. The number of carbonyl (C=O) groups excluding carboxylic acids is 1. The highest BCUT2D eigenvalue weighted by atomic mass is 16.5. The van der Waals surface area contributed by atoms with Gasteiger partial charge in [-0.05, 0) is 55.0 Å². The minimum Gasteiger partial charge on any atom is -0.493 e. The Morgan fingerprint density at radius 2 is 2.32 bits per heavy atom. The van der Waals surface area contributed by atoms with Gasteiger partial charge in [-0.15, -0.1) is 0 Å². The second kappa shape index (κ2) is 6.97. The lowest BCUT2D eigenvalue weighted by Crippen LogP contribution is -2.43. The lowest BCUT2D eigenvalue weighted by molar-refractivity contribution is -0.129. The average Bonchev–Trinajstić information content (AvgIpc) is 3.01. The predicted octanol–water partition coefficient (Wildman–Crippen LogP) is 2.40. The predicted molar refractivity (Wildman–Crippen MR) is 85.7 cm³/mol. The topological polar surface area (TPSA) is 49.8 Å². The van der Waals surface area contributed by atoms with Gasteiger partial charge in [-0.2, -0.15) is 0 Å². The fraction of sp³-hybridized carbons (Fsp3) is 0.500. The van der Waals surface area contributed by atoms with Crippen molar-refractivity contribution in [3.8, 4) is 5.75 Å². The van der Waals surface area contributed by atoms with E-state index in [9.17, 15) is 4.79 Å². The van der Waals surface area contributed by atoms with Crippen molar-refractivity contribution >= 4 is 12.0 Å². The van der Waals surface area contributed by atoms with E-state index in [1.807, 2.05) is 23.1 Å². The van der Waals surface area contributed by atoms with Gasteiger partial charge in [-0.3, -0.25) is 4.79 Å². The molecule has 4 heteroatoms. The van der Waals surface area contributed by atoms with Crippen LogP contribution < -0.4 is 4.74 Å². The molecule has 118 valence electrons. The first-order valence-electron chi connectivity index (χ1n) is 8.13. The van der Waals surface area contributed by atoms with E-state index in [1.54, 1.807) is 6.08 Å². The SMILES string of the molecule is O=C(/C=C/c1ccc2c(c1)CCO2)N1CCCCC1CCO. The van der Waals surface area contributed by atoms with E-state index < -0.39 is 0 Å². The lowest BCUT2D eigenvalue weighted by Gasteiger charge is -2.34. The van der Waals surface area contributed by atoms with Crippen LogP contribution in [0.4, 0.5) is 0 Å². The van der Waals surface area contributed by atoms with E-state index in [0.717, 1.165) is 50.1 Å². The molecule has 1 atom stereocenters. The molecule has 1 saturated heterocycles. The number of ether oxygens (including phenoxy) is 1. The zero-order valence-corrected chi connectivity index (χ0v) is 12.8. The summed E-state index contributed by atoms with van der Waals surface area (Å²) in [7, 11) is 0. The molecule has 0 aromatic heterocycles. The third kappa shape index (κ3) is 3.33. The summed E-state index contributed by atoms with van der Waals surface area (Å²) in [5.74, 6) is 1.01. The molecular weight excluding hydrogens is 278 g/mol. The van der Waals surface area contributed by atoms with E-state index >= 15 is 0 Å². The Balaban J connectivity index is 1.67. The van der Waals surface area contributed by atoms with Crippen molar-refractivity contribution < 1.29 is 14.6 Å². The molecule has 0 aliphatic carbocycles. The number of likely N-dealkylation sites (tertiary alicyclic amines) is 1. The summed E-state index contributed by atoms with van der Waals surface area (Å²) < 4.78 is 5.49. The van der Waals surface area contributed by atoms with Crippen molar-refractivity contribution in [2.24, 2.45) is 0 Å².